The molecule has 3 rings (SSSR count). The molecule has 7 heteroatoms. The minimum Gasteiger partial charge on any atom is -0.507 e. The Morgan fingerprint density at radius 1 is 0.970 bits per heavy atom. The second kappa shape index (κ2) is 10.8. The van der Waals surface area contributed by atoms with Gasteiger partial charge in [-0.25, -0.2) is 0 Å². The molecule has 2 N–H and O–H groups in total. The minimum atomic E-state index is -0.852. The van der Waals surface area contributed by atoms with Crippen LogP contribution >= 0.6 is 15.9 Å². The third kappa shape index (κ3) is 5.71. The maximum atomic E-state index is 13.0. The number of benzene rings is 2. The predicted molar refractivity (Wildman–Crippen MR) is 130 cm³/mol. The van der Waals surface area contributed by atoms with Crippen LogP contribution in [0.3, 0.4) is 0 Å². The van der Waals surface area contributed by atoms with E-state index in [1.54, 1.807) is 24.3 Å². The van der Waals surface area contributed by atoms with Crippen LogP contribution in [-0.4, -0.2) is 39.3 Å². The Hall–Kier alpha value is -2.93. The van der Waals surface area contributed by atoms with Gasteiger partial charge in [0.2, 0.25) is 0 Å². The van der Waals surface area contributed by atoms with Crippen molar-refractivity contribution >= 4 is 39.3 Å². The first kappa shape index (κ1) is 24.7. The number of halogens is 1. The van der Waals surface area contributed by atoms with Crippen LogP contribution in [0.25, 0.3) is 5.76 Å². The zero-order valence-electron chi connectivity index (χ0n) is 18.8. The summed E-state index contributed by atoms with van der Waals surface area (Å²) in [5.41, 5.74) is 2.42. The predicted octanol–water partition coefficient (Wildman–Crippen LogP) is 5.64. The summed E-state index contributed by atoms with van der Waals surface area (Å²) in [6, 6.07) is 14.0. The van der Waals surface area contributed by atoms with E-state index in [2.05, 4.69) is 29.8 Å². The van der Waals surface area contributed by atoms with Crippen molar-refractivity contribution in [2.24, 2.45) is 0 Å². The number of unbranched alkanes of at least 4 members (excludes halogenated alkanes) is 2. The highest BCUT2D eigenvalue weighted by Gasteiger charge is 2.45. The van der Waals surface area contributed by atoms with Crippen LogP contribution in [0.2, 0.25) is 0 Å². The summed E-state index contributed by atoms with van der Waals surface area (Å²) in [6.45, 7) is 4.48. The van der Waals surface area contributed by atoms with Crippen molar-refractivity contribution in [3.8, 4) is 0 Å². The Labute approximate surface area is 202 Å². The second-order valence-electron chi connectivity index (χ2n) is 8.53. The number of hydrogen-bond acceptors (Lipinski definition) is 4. The fraction of sp³-hybridized carbons (Fsp3) is 0.346. The van der Waals surface area contributed by atoms with Gasteiger partial charge >= 0.3 is 5.97 Å². The minimum absolute atomic E-state index is 0.0719. The molecule has 1 saturated heterocycles. The number of ketones is 1. The SMILES string of the molecule is CC(C)c1ccc(C2/C(=C(\O)c3ccc(Br)cc3)C(=O)C(=O)N2CCCCCC(=O)O)cc1. The highest BCUT2D eigenvalue weighted by molar-refractivity contribution is 9.10. The summed E-state index contributed by atoms with van der Waals surface area (Å²) in [6.07, 6.45) is 1.77. The van der Waals surface area contributed by atoms with Crippen molar-refractivity contribution in [3.05, 3.63) is 75.3 Å². The molecule has 2 aromatic rings. The molecule has 2 aromatic carbocycles. The van der Waals surface area contributed by atoms with Gasteiger partial charge in [0.15, 0.2) is 0 Å². The van der Waals surface area contributed by atoms with Crippen molar-refractivity contribution in [2.45, 2.75) is 51.5 Å². The van der Waals surface area contributed by atoms with E-state index in [9.17, 15) is 19.5 Å². The van der Waals surface area contributed by atoms with Crippen molar-refractivity contribution in [2.75, 3.05) is 6.54 Å². The monoisotopic (exact) mass is 513 g/mol. The lowest BCUT2D eigenvalue weighted by atomic mass is 9.93. The van der Waals surface area contributed by atoms with Crippen LogP contribution in [-0.2, 0) is 14.4 Å². The standard InChI is InChI=1S/C26H28BrNO5/c1-16(2)17-7-9-18(10-8-17)23-22(24(31)19-11-13-20(27)14-12-19)25(32)26(33)28(23)15-5-3-4-6-21(29)30/h7-14,16,23,31H,3-6,15H2,1-2H3,(H,29,30)/b24-22+. The molecular weight excluding hydrogens is 486 g/mol. The first-order valence-electron chi connectivity index (χ1n) is 11.1. The van der Waals surface area contributed by atoms with Gasteiger partial charge in [-0.1, -0.05) is 72.6 Å². The fourth-order valence-electron chi connectivity index (χ4n) is 4.02. The molecule has 1 fully saturated rings. The number of carbonyl (C=O) groups is 3. The third-order valence-electron chi connectivity index (χ3n) is 5.87. The van der Waals surface area contributed by atoms with E-state index in [-0.39, 0.29) is 17.8 Å². The number of carboxylic acids is 1. The molecular formula is C26H28BrNO5. The summed E-state index contributed by atoms with van der Waals surface area (Å²) in [7, 11) is 0. The lowest BCUT2D eigenvalue weighted by Crippen LogP contribution is -2.30. The summed E-state index contributed by atoms with van der Waals surface area (Å²) in [5.74, 6) is -2.08. The summed E-state index contributed by atoms with van der Waals surface area (Å²) >= 11 is 3.36. The molecule has 1 atom stereocenters. The number of aliphatic carboxylic acids is 1. The number of amides is 1. The number of carboxylic acid groups (broad SMARTS) is 1. The van der Waals surface area contributed by atoms with Gasteiger partial charge in [0.25, 0.3) is 11.7 Å². The summed E-state index contributed by atoms with van der Waals surface area (Å²) in [4.78, 5) is 38.3. The summed E-state index contributed by atoms with van der Waals surface area (Å²) < 4.78 is 0.835. The molecule has 6 nitrogen and oxygen atoms in total. The van der Waals surface area contributed by atoms with Crippen LogP contribution < -0.4 is 0 Å². The van der Waals surface area contributed by atoms with Crippen molar-refractivity contribution in [3.63, 3.8) is 0 Å². The van der Waals surface area contributed by atoms with E-state index in [1.165, 1.54) is 4.90 Å². The first-order valence-corrected chi connectivity index (χ1v) is 11.9. The van der Waals surface area contributed by atoms with Gasteiger partial charge in [0.05, 0.1) is 11.6 Å². The Morgan fingerprint density at radius 3 is 2.18 bits per heavy atom. The number of nitrogens with zero attached hydrogens (tertiary/aromatic N) is 1. The van der Waals surface area contributed by atoms with E-state index in [0.29, 0.717) is 37.3 Å². The largest absolute Gasteiger partial charge is 0.507 e. The zero-order chi connectivity index (χ0) is 24.1. The van der Waals surface area contributed by atoms with Gasteiger partial charge in [-0.2, -0.15) is 0 Å². The van der Waals surface area contributed by atoms with Gasteiger partial charge in [-0.15, -0.1) is 0 Å². The fourth-order valence-corrected chi connectivity index (χ4v) is 4.28. The molecule has 1 heterocycles. The maximum absolute atomic E-state index is 13.0. The number of Topliss-reactive ketones (excluding diaryl/α,β-unsaturated/α-hetero) is 1. The smallest absolute Gasteiger partial charge is 0.303 e. The average molecular weight is 514 g/mol. The van der Waals surface area contributed by atoms with Crippen LogP contribution in [0, 0.1) is 0 Å². The second-order valence-corrected chi connectivity index (χ2v) is 9.44. The highest BCUT2D eigenvalue weighted by Crippen LogP contribution is 2.40. The summed E-state index contributed by atoms with van der Waals surface area (Å²) in [5, 5.41) is 19.9. The van der Waals surface area contributed by atoms with Crippen molar-refractivity contribution < 1.29 is 24.6 Å². The van der Waals surface area contributed by atoms with E-state index in [1.807, 2.05) is 24.3 Å². The molecule has 0 spiro atoms. The van der Waals surface area contributed by atoms with Gasteiger partial charge < -0.3 is 15.1 Å². The number of hydrogen-bond donors (Lipinski definition) is 2. The van der Waals surface area contributed by atoms with Crippen LogP contribution in [0.5, 0.6) is 0 Å². The Kier molecular flexibility index (Phi) is 8.08. The number of rotatable bonds is 9. The molecule has 0 bridgehead atoms. The quantitative estimate of drug-likeness (QED) is 0.196. The number of aliphatic hydroxyl groups excluding tert-OH is 1. The normalized spacial score (nSPS) is 17.7. The highest BCUT2D eigenvalue weighted by atomic mass is 79.9. The molecule has 33 heavy (non-hydrogen) atoms. The van der Waals surface area contributed by atoms with Gasteiger partial charge in [0.1, 0.15) is 5.76 Å². The number of likely N-dealkylation sites (tertiary alicyclic amines) is 1. The van der Waals surface area contributed by atoms with Crippen molar-refractivity contribution in [1.82, 2.24) is 4.90 Å². The molecule has 0 aliphatic carbocycles. The van der Waals surface area contributed by atoms with Crippen molar-refractivity contribution in [1.29, 1.82) is 0 Å². The maximum Gasteiger partial charge on any atom is 0.303 e. The van der Waals surface area contributed by atoms with Crippen LogP contribution in [0.4, 0.5) is 0 Å². The number of aliphatic hydroxyl groups is 1. The molecule has 0 saturated carbocycles. The van der Waals surface area contributed by atoms with E-state index >= 15 is 0 Å². The Bertz CT molecular complexity index is 1060. The molecule has 1 aliphatic rings. The van der Waals surface area contributed by atoms with E-state index in [4.69, 9.17) is 5.11 Å². The Balaban J connectivity index is 1.98. The van der Waals surface area contributed by atoms with E-state index < -0.39 is 23.7 Å². The van der Waals surface area contributed by atoms with Gasteiger partial charge in [-0.3, -0.25) is 14.4 Å². The molecule has 1 aliphatic heterocycles. The van der Waals surface area contributed by atoms with E-state index in [0.717, 1.165) is 15.6 Å². The average Bonchev–Trinajstić information content (AvgIpc) is 3.03. The van der Waals surface area contributed by atoms with Crippen LogP contribution in [0.1, 0.15) is 68.2 Å². The number of carbonyl (C=O) groups excluding carboxylic acids is 2. The molecule has 174 valence electrons. The zero-order valence-corrected chi connectivity index (χ0v) is 20.3. The molecule has 0 radical (unpaired) electrons. The third-order valence-corrected chi connectivity index (χ3v) is 6.39. The lowest BCUT2D eigenvalue weighted by molar-refractivity contribution is -0.140. The topological polar surface area (TPSA) is 94.9 Å². The Morgan fingerprint density at radius 2 is 1.61 bits per heavy atom. The molecule has 1 unspecified atom stereocenters. The van der Waals surface area contributed by atoms with Gasteiger partial charge in [0, 0.05) is 23.0 Å². The molecule has 0 aromatic heterocycles. The van der Waals surface area contributed by atoms with Gasteiger partial charge in [-0.05, 0) is 42.0 Å². The molecule has 1 amide bonds. The first-order chi connectivity index (χ1) is 15.7. The van der Waals surface area contributed by atoms with Crippen LogP contribution in [0.15, 0.2) is 58.6 Å². The lowest BCUT2D eigenvalue weighted by Gasteiger charge is -2.25.